The maximum Gasteiger partial charge on any atom is 0.286 e. The molecular weight excluding hydrogens is 304 g/mol. The third-order valence-corrected chi connectivity index (χ3v) is 4.58. The van der Waals surface area contributed by atoms with E-state index in [9.17, 15) is 9.90 Å². The van der Waals surface area contributed by atoms with Crippen LogP contribution in [0.3, 0.4) is 0 Å². The summed E-state index contributed by atoms with van der Waals surface area (Å²) in [5, 5.41) is 9.32. The molecule has 0 aliphatic carbocycles. The van der Waals surface area contributed by atoms with E-state index in [4.69, 9.17) is 5.73 Å². The summed E-state index contributed by atoms with van der Waals surface area (Å²) in [5.41, 5.74) is 6.50. The van der Waals surface area contributed by atoms with Crippen molar-refractivity contribution in [2.24, 2.45) is 11.7 Å². The van der Waals surface area contributed by atoms with Crippen LogP contribution in [-0.4, -0.2) is 34.1 Å². The molecule has 0 unspecified atom stereocenters. The lowest BCUT2D eigenvalue weighted by atomic mass is 9.90. The van der Waals surface area contributed by atoms with Crippen LogP contribution in [0.25, 0.3) is 0 Å². The Labute approximate surface area is 141 Å². The van der Waals surface area contributed by atoms with Gasteiger partial charge in [0.05, 0.1) is 0 Å². The summed E-state index contributed by atoms with van der Waals surface area (Å²) in [6.07, 6.45) is 5.97. The van der Waals surface area contributed by atoms with Gasteiger partial charge in [0.1, 0.15) is 11.6 Å². The Morgan fingerprint density at radius 3 is 2.58 bits per heavy atom. The topological polar surface area (TPSA) is 92.3 Å². The van der Waals surface area contributed by atoms with Gasteiger partial charge in [0.15, 0.2) is 0 Å². The molecule has 6 nitrogen and oxygen atoms in total. The van der Waals surface area contributed by atoms with Gasteiger partial charge in [-0.05, 0) is 55.4 Å². The molecule has 1 fully saturated rings. The molecule has 0 spiro atoms. The Morgan fingerprint density at radius 1 is 1.21 bits per heavy atom. The molecule has 6 heteroatoms. The van der Waals surface area contributed by atoms with Gasteiger partial charge in [0.25, 0.3) is 5.91 Å². The summed E-state index contributed by atoms with van der Waals surface area (Å²) in [5.74, 6) is 1.25. The number of aryl methyl sites for hydroxylation is 1. The molecule has 0 radical (unpaired) electrons. The standard InChI is InChI=1S/C18H22N4O2/c19-17(24)18-20-10-7-16(21-18)22-11-8-14(9-12-22)2-1-13-3-5-15(23)6-4-13/h3-7,10,14,23H,1-2,8-9,11-12H2,(H2,19,24). The number of hydrogen-bond donors (Lipinski definition) is 2. The van der Waals surface area contributed by atoms with Crippen molar-refractivity contribution in [3.8, 4) is 5.75 Å². The number of primary amides is 1. The number of piperidine rings is 1. The zero-order chi connectivity index (χ0) is 16.9. The van der Waals surface area contributed by atoms with Crippen molar-refractivity contribution in [2.75, 3.05) is 18.0 Å². The van der Waals surface area contributed by atoms with Gasteiger partial charge in [-0.25, -0.2) is 9.97 Å². The van der Waals surface area contributed by atoms with Crippen LogP contribution in [0.4, 0.5) is 5.82 Å². The molecule has 1 aliphatic heterocycles. The highest BCUT2D eigenvalue weighted by Crippen LogP contribution is 2.25. The maximum atomic E-state index is 11.2. The minimum atomic E-state index is -0.597. The lowest BCUT2D eigenvalue weighted by Crippen LogP contribution is -2.34. The molecule has 1 aliphatic rings. The normalized spacial score (nSPS) is 15.4. The van der Waals surface area contributed by atoms with E-state index in [0.717, 1.165) is 44.6 Å². The monoisotopic (exact) mass is 326 g/mol. The lowest BCUT2D eigenvalue weighted by Gasteiger charge is -2.32. The van der Waals surface area contributed by atoms with Gasteiger partial charge in [0, 0.05) is 19.3 Å². The molecule has 0 saturated carbocycles. The second-order valence-electron chi connectivity index (χ2n) is 6.24. The SMILES string of the molecule is NC(=O)c1nccc(N2CCC(CCc3ccc(O)cc3)CC2)n1. The van der Waals surface area contributed by atoms with Crippen LogP contribution in [-0.2, 0) is 6.42 Å². The first-order valence-corrected chi connectivity index (χ1v) is 8.27. The maximum absolute atomic E-state index is 11.2. The van der Waals surface area contributed by atoms with Crippen molar-refractivity contribution in [3.05, 3.63) is 47.9 Å². The van der Waals surface area contributed by atoms with Crippen LogP contribution < -0.4 is 10.6 Å². The molecule has 24 heavy (non-hydrogen) atoms. The van der Waals surface area contributed by atoms with Crippen LogP contribution in [0, 0.1) is 5.92 Å². The van der Waals surface area contributed by atoms with E-state index in [1.54, 1.807) is 18.3 Å². The highest BCUT2D eigenvalue weighted by molar-refractivity contribution is 5.89. The van der Waals surface area contributed by atoms with Crippen molar-refractivity contribution < 1.29 is 9.90 Å². The van der Waals surface area contributed by atoms with E-state index in [2.05, 4.69) is 14.9 Å². The van der Waals surface area contributed by atoms with E-state index >= 15 is 0 Å². The third-order valence-electron chi connectivity index (χ3n) is 4.58. The smallest absolute Gasteiger partial charge is 0.286 e. The summed E-state index contributed by atoms with van der Waals surface area (Å²) in [6, 6.07) is 9.27. The molecule has 3 N–H and O–H groups in total. The molecule has 1 amide bonds. The number of aromatic nitrogens is 2. The van der Waals surface area contributed by atoms with Gasteiger partial charge in [-0.3, -0.25) is 4.79 Å². The number of aromatic hydroxyl groups is 1. The molecule has 2 heterocycles. The van der Waals surface area contributed by atoms with Crippen molar-refractivity contribution in [2.45, 2.75) is 25.7 Å². The second kappa shape index (κ2) is 7.29. The highest BCUT2D eigenvalue weighted by atomic mass is 16.3. The molecule has 3 rings (SSSR count). The Hall–Kier alpha value is -2.63. The zero-order valence-electron chi connectivity index (χ0n) is 13.6. The Balaban J connectivity index is 1.51. The number of hydrogen-bond acceptors (Lipinski definition) is 5. The number of carbonyl (C=O) groups excluding carboxylic acids is 1. The predicted octanol–water partition coefficient (Wildman–Crippen LogP) is 2.13. The lowest BCUT2D eigenvalue weighted by molar-refractivity contribution is 0.0990. The van der Waals surface area contributed by atoms with E-state index in [0.29, 0.717) is 11.7 Å². The van der Waals surface area contributed by atoms with Crippen molar-refractivity contribution in [1.82, 2.24) is 9.97 Å². The second-order valence-corrected chi connectivity index (χ2v) is 6.24. The molecular formula is C18H22N4O2. The molecule has 1 aromatic heterocycles. The fourth-order valence-corrected chi connectivity index (χ4v) is 3.13. The Morgan fingerprint density at radius 2 is 1.92 bits per heavy atom. The molecule has 2 aromatic rings. The van der Waals surface area contributed by atoms with Crippen LogP contribution in [0.1, 0.15) is 35.4 Å². The molecule has 0 atom stereocenters. The van der Waals surface area contributed by atoms with Crippen molar-refractivity contribution in [1.29, 1.82) is 0 Å². The molecule has 1 aromatic carbocycles. The quantitative estimate of drug-likeness (QED) is 0.878. The first-order chi connectivity index (χ1) is 11.6. The van der Waals surface area contributed by atoms with Gasteiger partial charge in [-0.15, -0.1) is 0 Å². The first-order valence-electron chi connectivity index (χ1n) is 8.27. The van der Waals surface area contributed by atoms with Crippen molar-refractivity contribution >= 4 is 11.7 Å². The van der Waals surface area contributed by atoms with E-state index in [1.807, 2.05) is 18.2 Å². The van der Waals surface area contributed by atoms with E-state index in [1.165, 1.54) is 5.56 Å². The molecule has 0 bridgehead atoms. The zero-order valence-corrected chi connectivity index (χ0v) is 13.6. The minimum absolute atomic E-state index is 0.0713. The summed E-state index contributed by atoms with van der Waals surface area (Å²) in [4.78, 5) is 21.5. The average molecular weight is 326 g/mol. The number of nitrogens with zero attached hydrogens (tertiary/aromatic N) is 3. The Kier molecular flexibility index (Phi) is 4.93. The van der Waals surface area contributed by atoms with Crippen LogP contribution in [0.2, 0.25) is 0 Å². The third kappa shape index (κ3) is 4.01. The van der Waals surface area contributed by atoms with E-state index < -0.39 is 5.91 Å². The number of anilines is 1. The van der Waals surface area contributed by atoms with Gasteiger partial charge >= 0.3 is 0 Å². The van der Waals surface area contributed by atoms with Gasteiger partial charge in [-0.2, -0.15) is 0 Å². The summed E-state index contributed by atoms with van der Waals surface area (Å²) in [7, 11) is 0. The number of rotatable bonds is 5. The van der Waals surface area contributed by atoms with Crippen LogP contribution in [0.5, 0.6) is 5.75 Å². The fourth-order valence-electron chi connectivity index (χ4n) is 3.13. The highest BCUT2D eigenvalue weighted by Gasteiger charge is 2.20. The number of amides is 1. The van der Waals surface area contributed by atoms with E-state index in [-0.39, 0.29) is 5.82 Å². The molecule has 1 saturated heterocycles. The summed E-state index contributed by atoms with van der Waals surface area (Å²) < 4.78 is 0. The largest absolute Gasteiger partial charge is 0.508 e. The molecule has 126 valence electrons. The van der Waals surface area contributed by atoms with Crippen LogP contribution >= 0.6 is 0 Å². The number of nitrogens with two attached hydrogens (primary N) is 1. The first kappa shape index (κ1) is 16.2. The van der Waals surface area contributed by atoms with Crippen LogP contribution in [0.15, 0.2) is 36.5 Å². The summed E-state index contributed by atoms with van der Waals surface area (Å²) in [6.45, 7) is 1.85. The fraction of sp³-hybridized carbons (Fsp3) is 0.389. The average Bonchev–Trinajstić information content (AvgIpc) is 2.62. The van der Waals surface area contributed by atoms with Gasteiger partial charge in [0.2, 0.25) is 5.82 Å². The summed E-state index contributed by atoms with van der Waals surface area (Å²) >= 11 is 0. The van der Waals surface area contributed by atoms with Crippen molar-refractivity contribution in [3.63, 3.8) is 0 Å². The number of carbonyl (C=O) groups is 1. The minimum Gasteiger partial charge on any atom is -0.508 e. The number of phenols is 1. The number of phenolic OH excluding ortho intramolecular Hbond substituents is 1. The predicted molar refractivity (Wildman–Crippen MR) is 91.9 cm³/mol. The number of benzene rings is 1. The Bertz CT molecular complexity index is 694. The van der Waals surface area contributed by atoms with Gasteiger partial charge < -0.3 is 15.7 Å². The van der Waals surface area contributed by atoms with Gasteiger partial charge in [-0.1, -0.05) is 12.1 Å².